The zero-order valence-corrected chi connectivity index (χ0v) is 28.7. The van der Waals surface area contributed by atoms with Crippen LogP contribution in [0.25, 0.3) is 10.2 Å². The molecule has 6 N–H and O–H groups in total. The molecular weight excluding hydrogens is 710 g/mol. The number of hydrogen-bond donors (Lipinski definition) is 5. The second-order valence-corrected chi connectivity index (χ2v) is 12.9. The van der Waals surface area contributed by atoms with Crippen LogP contribution in [0.2, 0.25) is 0 Å². The van der Waals surface area contributed by atoms with Crippen LogP contribution in [0.15, 0.2) is 41.2 Å². The smallest absolute Gasteiger partial charge is 0.490 e. The molecule has 0 unspecified atom stereocenters. The molecule has 4 rings (SSSR count). The van der Waals surface area contributed by atoms with Crippen molar-refractivity contribution < 1.29 is 56.0 Å². The van der Waals surface area contributed by atoms with Crippen molar-refractivity contribution in [1.29, 1.82) is 0 Å². The molecule has 2 aromatic carbocycles. The van der Waals surface area contributed by atoms with Crippen molar-refractivity contribution in [1.82, 2.24) is 14.8 Å². The number of aromatic hydroxyl groups is 1. The van der Waals surface area contributed by atoms with Gasteiger partial charge in [0.15, 0.2) is 0 Å². The van der Waals surface area contributed by atoms with E-state index in [-0.39, 0.29) is 16.5 Å². The Balaban J connectivity index is 0.000000543. The number of fused-ring (bicyclic) bond motifs is 1. The predicted octanol–water partition coefficient (Wildman–Crippen LogP) is 5.47. The SMILES string of the molecule is Cc1cccc(CCN(CCC(N)=O)CCN(CCc2ccc(O)c3[nH]c(=O)sc23)C2CCCCC2)c1.O=C(O)C(F)(F)F.O=C(O)C(F)(F)F. The van der Waals surface area contributed by atoms with Gasteiger partial charge in [0.1, 0.15) is 11.3 Å². The molecule has 18 heteroatoms. The third-order valence-electron chi connectivity index (χ3n) is 8.06. The molecule has 1 aliphatic carbocycles. The zero-order valence-electron chi connectivity index (χ0n) is 27.9. The van der Waals surface area contributed by atoms with Crippen molar-refractivity contribution in [2.45, 2.75) is 76.7 Å². The molecule has 0 bridgehead atoms. The molecule has 1 heterocycles. The van der Waals surface area contributed by atoms with Crippen LogP contribution in [0.5, 0.6) is 5.75 Å². The molecule has 0 spiro atoms. The number of aromatic nitrogens is 1. The number of phenolic OH excluding ortho intramolecular Hbond substituents is 1. The highest BCUT2D eigenvalue weighted by Crippen LogP contribution is 2.29. The van der Waals surface area contributed by atoms with E-state index in [0.717, 1.165) is 49.3 Å². The van der Waals surface area contributed by atoms with E-state index in [4.69, 9.17) is 25.5 Å². The number of aryl methyl sites for hydroxylation is 1. The number of alkyl halides is 6. The number of aromatic amines is 1. The van der Waals surface area contributed by atoms with Crippen molar-refractivity contribution in [3.8, 4) is 5.75 Å². The highest BCUT2D eigenvalue weighted by atomic mass is 32.1. The molecule has 1 saturated carbocycles. The van der Waals surface area contributed by atoms with E-state index in [1.807, 2.05) is 6.07 Å². The van der Waals surface area contributed by atoms with Crippen LogP contribution in [0.4, 0.5) is 26.3 Å². The Morgan fingerprint density at radius 1 is 0.882 bits per heavy atom. The van der Waals surface area contributed by atoms with Gasteiger partial charge in [-0.25, -0.2) is 9.59 Å². The fraction of sp³-hybridized carbons (Fsp3) is 0.515. The fourth-order valence-electron chi connectivity index (χ4n) is 5.49. The van der Waals surface area contributed by atoms with Gasteiger partial charge in [-0.15, -0.1) is 0 Å². The van der Waals surface area contributed by atoms with E-state index in [2.05, 4.69) is 46.0 Å². The van der Waals surface area contributed by atoms with Crippen LogP contribution >= 0.6 is 11.3 Å². The van der Waals surface area contributed by atoms with E-state index in [9.17, 15) is 41.0 Å². The minimum Gasteiger partial charge on any atom is -0.506 e. The number of nitrogens with one attached hydrogen (secondary N) is 1. The summed E-state index contributed by atoms with van der Waals surface area (Å²) in [5.74, 6) is -5.65. The largest absolute Gasteiger partial charge is 0.506 e. The Labute approximate surface area is 293 Å². The van der Waals surface area contributed by atoms with Gasteiger partial charge in [-0.1, -0.05) is 66.5 Å². The number of carboxylic acids is 2. The first kappa shape index (κ1) is 43.0. The van der Waals surface area contributed by atoms with Crippen LogP contribution in [-0.2, 0) is 27.2 Å². The summed E-state index contributed by atoms with van der Waals surface area (Å²) in [6.45, 7) is 6.41. The second-order valence-electron chi connectivity index (χ2n) is 11.9. The third-order valence-corrected chi connectivity index (χ3v) is 9.02. The normalized spacial score (nSPS) is 13.7. The third kappa shape index (κ3) is 15.7. The van der Waals surface area contributed by atoms with Crippen LogP contribution in [0, 0.1) is 6.92 Å². The molecule has 1 amide bonds. The Hall–Kier alpha value is -4.16. The molecule has 1 aliphatic rings. The molecule has 3 aromatic rings. The molecule has 51 heavy (non-hydrogen) atoms. The van der Waals surface area contributed by atoms with Gasteiger partial charge in [0.2, 0.25) is 5.91 Å². The number of aliphatic carboxylic acids is 2. The van der Waals surface area contributed by atoms with Gasteiger partial charge in [-0.2, -0.15) is 26.3 Å². The molecule has 1 aromatic heterocycles. The summed E-state index contributed by atoms with van der Waals surface area (Å²) >= 11 is 1.17. The van der Waals surface area contributed by atoms with Crippen LogP contribution in [-0.4, -0.2) is 99.1 Å². The number of nitrogens with zero attached hydrogens (tertiary/aromatic N) is 2. The first-order chi connectivity index (χ1) is 23.8. The number of carbonyl (C=O) groups is 3. The number of phenols is 1. The Morgan fingerprint density at radius 3 is 2.04 bits per heavy atom. The fourth-order valence-corrected chi connectivity index (χ4v) is 6.38. The quantitative estimate of drug-likeness (QED) is 0.142. The number of carbonyl (C=O) groups excluding carboxylic acids is 1. The average molecular weight is 753 g/mol. The highest BCUT2D eigenvalue weighted by molar-refractivity contribution is 7.16. The second kappa shape index (κ2) is 20.0. The maximum absolute atomic E-state index is 12.0. The lowest BCUT2D eigenvalue weighted by atomic mass is 9.93. The van der Waals surface area contributed by atoms with E-state index in [1.165, 1.54) is 54.6 Å². The molecule has 0 saturated heterocycles. The number of thiazole rings is 1. The highest BCUT2D eigenvalue weighted by Gasteiger charge is 2.39. The van der Waals surface area contributed by atoms with Gasteiger partial charge in [0, 0.05) is 45.2 Å². The van der Waals surface area contributed by atoms with Crippen LogP contribution in [0.1, 0.15) is 55.2 Å². The van der Waals surface area contributed by atoms with Gasteiger partial charge in [0.05, 0.1) is 4.70 Å². The number of nitrogens with two attached hydrogens (primary N) is 1. The lowest BCUT2D eigenvalue weighted by Crippen LogP contribution is -2.44. The average Bonchev–Trinajstić information content (AvgIpc) is 3.45. The maximum atomic E-state index is 12.0. The van der Waals surface area contributed by atoms with Gasteiger partial charge in [0.25, 0.3) is 0 Å². The van der Waals surface area contributed by atoms with E-state index < -0.39 is 24.3 Å². The monoisotopic (exact) mass is 752 g/mol. The van der Waals surface area contributed by atoms with E-state index >= 15 is 0 Å². The standard InChI is InChI=1S/C29H40N4O3S.2C2HF3O2/c1-21-6-5-7-22(20-21)12-15-32(16-14-26(30)35)18-19-33(24-8-3-2-4-9-24)17-13-23-10-11-25(34)27-28(23)37-29(36)31-27;2*3-2(4,5)1(6)7/h5-7,10-11,20,24,34H,2-4,8-9,12-19H2,1H3,(H2,30,35)(H,31,36);2*(H,6,7). The number of rotatable bonds is 13. The molecule has 1 fully saturated rings. The van der Waals surface area contributed by atoms with Crippen LogP contribution < -0.4 is 10.6 Å². The topological polar surface area (TPSA) is 177 Å². The number of hydrogen-bond acceptors (Lipinski definition) is 8. The molecule has 0 aliphatic heterocycles. The van der Waals surface area contributed by atoms with Crippen molar-refractivity contribution in [3.05, 3.63) is 62.8 Å². The summed E-state index contributed by atoms with van der Waals surface area (Å²) < 4.78 is 64.3. The summed E-state index contributed by atoms with van der Waals surface area (Å²) in [6.07, 6.45) is -1.75. The first-order valence-electron chi connectivity index (χ1n) is 16.0. The van der Waals surface area contributed by atoms with Gasteiger partial charge >= 0.3 is 29.2 Å². The minimum atomic E-state index is -5.08. The molecule has 11 nitrogen and oxygen atoms in total. The Kier molecular flexibility index (Phi) is 16.9. The first-order valence-corrected chi connectivity index (χ1v) is 16.8. The minimum absolute atomic E-state index is 0.125. The summed E-state index contributed by atoms with van der Waals surface area (Å²) in [6, 6.07) is 12.8. The van der Waals surface area contributed by atoms with Crippen molar-refractivity contribution in [2.75, 3.05) is 32.7 Å². The van der Waals surface area contributed by atoms with Gasteiger partial charge in [-0.3, -0.25) is 14.5 Å². The number of benzene rings is 2. The van der Waals surface area contributed by atoms with Crippen molar-refractivity contribution in [2.24, 2.45) is 5.73 Å². The predicted molar refractivity (Wildman–Crippen MR) is 179 cm³/mol. The summed E-state index contributed by atoms with van der Waals surface area (Å²) in [5, 5.41) is 24.4. The van der Waals surface area contributed by atoms with Crippen molar-refractivity contribution >= 4 is 39.4 Å². The Morgan fingerprint density at radius 2 is 1.49 bits per heavy atom. The summed E-state index contributed by atoms with van der Waals surface area (Å²) in [4.78, 5) is 48.9. The maximum Gasteiger partial charge on any atom is 0.490 e. The molecule has 0 atom stereocenters. The number of H-pyrrole nitrogens is 1. The van der Waals surface area contributed by atoms with Crippen molar-refractivity contribution in [3.63, 3.8) is 0 Å². The van der Waals surface area contributed by atoms with E-state index in [1.54, 1.807) is 6.07 Å². The number of carboxylic acid groups (broad SMARTS) is 2. The molecule has 284 valence electrons. The number of halogens is 6. The van der Waals surface area contributed by atoms with Crippen LogP contribution in [0.3, 0.4) is 0 Å². The number of amides is 1. The lowest BCUT2D eigenvalue weighted by Gasteiger charge is -2.36. The zero-order chi connectivity index (χ0) is 38.4. The molecular formula is C33H42F6N4O7S. The van der Waals surface area contributed by atoms with Gasteiger partial charge in [-0.05, 0) is 49.8 Å². The molecule has 0 radical (unpaired) electrons. The lowest BCUT2D eigenvalue weighted by molar-refractivity contribution is -0.193. The Bertz CT molecular complexity index is 1610. The van der Waals surface area contributed by atoms with Gasteiger partial charge < -0.3 is 30.9 Å². The van der Waals surface area contributed by atoms with E-state index in [0.29, 0.717) is 24.5 Å². The summed E-state index contributed by atoms with van der Waals surface area (Å²) in [5.41, 5.74) is 9.72. The summed E-state index contributed by atoms with van der Waals surface area (Å²) in [7, 11) is 0. The number of primary amides is 1.